The summed E-state index contributed by atoms with van der Waals surface area (Å²) in [6.45, 7) is 2.74. The maximum atomic E-state index is 5.29. The summed E-state index contributed by atoms with van der Waals surface area (Å²) in [5.74, 6) is 0.930. The summed E-state index contributed by atoms with van der Waals surface area (Å²) in [7, 11) is 0. The second-order valence-corrected chi connectivity index (χ2v) is 3.31. The van der Waals surface area contributed by atoms with E-state index in [-0.39, 0.29) is 6.04 Å². The normalized spacial score (nSPS) is 12.6. The molecule has 0 aliphatic heterocycles. The van der Waals surface area contributed by atoms with E-state index in [1.54, 1.807) is 24.9 Å². The maximum Gasteiger partial charge on any atom is 0.120 e. The number of furan rings is 1. The summed E-state index contributed by atoms with van der Waals surface area (Å²) in [5.41, 5.74) is 0.927. The summed E-state index contributed by atoms with van der Waals surface area (Å²) in [4.78, 5) is 8.18. The van der Waals surface area contributed by atoms with Crippen LogP contribution in [0.3, 0.4) is 0 Å². The van der Waals surface area contributed by atoms with Crippen LogP contribution >= 0.6 is 0 Å². The van der Waals surface area contributed by atoms with Crippen LogP contribution in [0, 0.1) is 0 Å². The third-order valence-electron chi connectivity index (χ3n) is 2.18. The second kappa shape index (κ2) is 4.70. The molecule has 0 amide bonds. The summed E-state index contributed by atoms with van der Waals surface area (Å²) < 4.78 is 5.29. The molecule has 4 nitrogen and oxygen atoms in total. The van der Waals surface area contributed by atoms with Gasteiger partial charge in [0.1, 0.15) is 5.76 Å². The van der Waals surface area contributed by atoms with Crippen LogP contribution in [0.1, 0.15) is 24.4 Å². The molecule has 1 atom stereocenters. The molecule has 78 valence electrons. The van der Waals surface area contributed by atoms with Gasteiger partial charge in [-0.3, -0.25) is 9.97 Å². The van der Waals surface area contributed by atoms with Crippen molar-refractivity contribution in [2.75, 3.05) is 0 Å². The van der Waals surface area contributed by atoms with Crippen molar-refractivity contribution >= 4 is 0 Å². The van der Waals surface area contributed by atoms with Gasteiger partial charge in [0.2, 0.25) is 0 Å². The van der Waals surface area contributed by atoms with Gasteiger partial charge < -0.3 is 9.73 Å². The highest BCUT2D eigenvalue weighted by Gasteiger charge is 2.06. The van der Waals surface area contributed by atoms with Gasteiger partial charge in [-0.1, -0.05) is 0 Å². The Hall–Kier alpha value is -1.68. The first-order valence-electron chi connectivity index (χ1n) is 4.88. The molecule has 2 aromatic rings. The lowest BCUT2D eigenvalue weighted by Crippen LogP contribution is -2.18. The predicted octanol–water partition coefficient (Wildman–Crippen LogP) is 1.92. The number of hydrogen-bond acceptors (Lipinski definition) is 4. The number of nitrogens with zero attached hydrogens (tertiary/aromatic N) is 2. The third kappa shape index (κ3) is 2.63. The van der Waals surface area contributed by atoms with Crippen molar-refractivity contribution in [3.63, 3.8) is 0 Å². The van der Waals surface area contributed by atoms with Gasteiger partial charge in [-0.05, 0) is 19.1 Å². The zero-order valence-corrected chi connectivity index (χ0v) is 8.55. The van der Waals surface area contributed by atoms with Crippen molar-refractivity contribution in [3.8, 4) is 0 Å². The number of hydrogen-bond donors (Lipinski definition) is 1. The van der Waals surface area contributed by atoms with Crippen molar-refractivity contribution in [2.24, 2.45) is 0 Å². The SMILES string of the molecule is C[C@H](NCc1cnccn1)c1ccco1. The molecule has 0 aliphatic rings. The van der Waals surface area contributed by atoms with E-state index >= 15 is 0 Å². The summed E-state index contributed by atoms with van der Waals surface area (Å²) >= 11 is 0. The Kier molecular flexibility index (Phi) is 3.09. The van der Waals surface area contributed by atoms with Crippen LogP contribution in [0.4, 0.5) is 0 Å². The Bertz CT molecular complexity index is 385. The molecule has 0 radical (unpaired) electrons. The first-order valence-corrected chi connectivity index (χ1v) is 4.88. The van der Waals surface area contributed by atoms with Crippen molar-refractivity contribution < 1.29 is 4.42 Å². The van der Waals surface area contributed by atoms with E-state index in [1.165, 1.54) is 0 Å². The topological polar surface area (TPSA) is 51.0 Å². The van der Waals surface area contributed by atoms with E-state index in [1.807, 2.05) is 12.1 Å². The fraction of sp³-hybridized carbons (Fsp3) is 0.273. The van der Waals surface area contributed by atoms with Crippen LogP contribution in [0.15, 0.2) is 41.4 Å². The fourth-order valence-electron chi connectivity index (χ4n) is 1.32. The van der Waals surface area contributed by atoms with E-state index < -0.39 is 0 Å². The molecule has 0 spiro atoms. The molecule has 4 heteroatoms. The molecule has 2 rings (SSSR count). The number of aromatic nitrogens is 2. The minimum atomic E-state index is 0.182. The van der Waals surface area contributed by atoms with Gasteiger partial charge in [0.15, 0.2) is 0 Å². The molecule has 0 bridgehead atoms. The van der Waals surface area contributed by atoms with Gasteiger partial charge in [0.25, 0.3) is 0 Å². The minimum Gasteiger partial charge on any atom is -0.468 e. The Balaban J connectivity index is 1.89. The molecule has 0 fully saturated rings. The Morgan fingerprint density at radius 1 is 1.47 bits per heavy atom. The highest BCUT2D eigenvalue weighted by molar-refractivity contribution is 5.04. The van der Waals surface area contributed by atoms with Gasteiger partial charge >= 0.3 is 0 Å². The van der Waals surface area contributed by atoms with E-state index in [4.69, 9.17) is 4.42 Å². The van der Waals surface area contributed by atoms with Crippen LogP contribution in [0.2, 0.25) is 0 Å². The third-order valence-corrected chi connectivity index (χ3v) is 2.18. The lowest BCUT2D eigenvalue weighted by Gasteiger charge is -2.10. The molecule has 0 aromatic carbocycles. The predicted molar refractivity (Wildman–Crippen MR) is 56.0 cm³/mol. The summed E-state index contributed by atoms with van der Waals surface area (Å²) in [5, 5.41) is 3.31. The highest BCUT2D eigenvalue weighted by atomic mass is 16.3. The van der Waals surface area contributed by atoms with Gasteiger partial charge in [-0.25, -0.2) is 0 Å². The van der Waals surface area contributed by atoms with E-state index in [0.717, 1.165) is 11.5 Å². The van der Waals surface area contributed by atoms with Crippen molar-refractivity contribution in [1.82, 2.24) is 15.3 Å². The Labute approximate surface area is 88.4 Å². The molecule has 1 N–H and O–H groups in total. The molecule has 15 heavy (non-hydrogen) atoms. The van der Waals surface area contributed by atoms with E-state index in [9.17, 15) is 0 Å². The quantitative estimate of drug-likeness (QED) is 0.824. The Morgan fingerprint density at radius 3 is 3.07 bits per heavy atom. The van der Waals surface area contributed by atoms with Crippen LogP contribution < -0.4 is 5.32 Å². The summed E-state index contributed by atoms with van der Waals surface area (Å²) in [6.07, 6.45) is 6.78. The second-order valence-electron chi connectivity index (χ2n) is 3.31. The zero-order chi connectivity index (χ0) is 10.5. The van der Waals surface area contributed by atoms with Crippen molar-refractivity contribution in [2.45, 2.75) is 19.5 Å². The molecule has 0 saturated carbocycles. The molecular weight excluding hydrogens is 190 g/mol. The van der Waals surface area contributed by atoms with Crippen LogP contribution in [0.5, 0.6) is 0 Å². The molecule has 2 heterocycles. The lowest BCUT2D eigenvalue weighted by molar-refractivity contribution is 0.428. The maximum absolute atomic E-state index is 5.29. The average molecular weight is 203 g/mol. The van der Waals surface area contributed by atoms with Crippen LogP contribution in [0.25, 0.3) is 0 Å². The van der Waals surface area contributed by atoms with Gasteiger partial charge in [-0.15, -0.1) is 0 Å². The van der Waals surface area contributed by atoms with E-state index in [0.29, 0.717) is 6.54 Å². The fourth-order valence-corrected chi connectivity index (χ4v) is 1.32. The molecule has 0 aliphatic carbocycles. The first kappa shape index (κ1) is 9.86. The van der Waals surface area contributed by atoms with Crippen LogP contribution in [-0.4, -0.2) is 9.97 Å². The Morgan fingerprint density at radius 2 is 2.40 bits per heavy atom. The zero-order valence-electron chi connectivity index (χ0n) is 8.55. The van der Waals surface area contributed by atoms with Crippen molar-refractivity contribution in [3.05, 3.63) is 48.4 Å². The van der Waals surface area contributed by atoms with Gasteiger partial charge in [0, 0.05) is 25.1 Å². The molecule has 0 saturated heterocycles. The average Bonchev–Trinajstić information content (AvgIpc) is 2.81. The van der Waals surface area contributed by atoms with E-state index in [2.05, 4.69) is 22.2 Å². The molecule has 2 aromatic heterocycles. The summed E-state index contributed by atoms with van der Waals surface area (Å²) in [6, 6.07) is 4.02. The first-order chi connectivity index (χ1) is 7.36. The highest BCUT2D eigenvalue weighted by Crippen LogP contribution is 2.12. The lowest BCUT2D eigenvalue weighted by atomic mass is 10.2. The molecule has 0 unspecified atom stereocenters. The monoisotopic (exact) mass is 203 g/mol. The number of nitrogens with one attached hydrogen (secondary N) is 1. The van der Waals surface area contributed by atoms with Gasteiger partial charge in [-0.2, -0.15) is 0 Å². The van der Waals surface area contributed by atoms with Crippen LogP contribution in [-0.2, 0) is 6.54 Å². The minimum absolute atomic E-state index is 0.182. The van der Waals surface area contributed by atoms with Crippen molar-refractivity contribution in [1.29, 1.82) is 0 Å². The van der Waals surface area contributed by atoms with Gasteiger partial charge in [0.05, 0.1) is 18.0 Å². The number of rotatable bonds is 4. The largest absolute Gasteiger partial charge is 0.468 e. The molecular formula is C11H13N3O. The smallest absolute Gasteiger partial charge is 0.120 e. The standard InChI is InChI=1S/C11H13N3O/c1-9(11-3-2-6-15-11)14-8-10-7-12-4-5-13-10/h2-7,9,14H,8H2,1H3/t9-/m0/s1.